The second-order valence-corrected chi connectivity index (χ2v) is 7.78. The predicted octanol–water partition coefficient (Wildman–Crippen LogP) is 2.69. The molecule has 7 heteroatoms. The summed E-state index contributed by atoms with van der Waals surface area (Å²) in [5.41, 5.74) is -0.495. The first-order valence-electron chi connectivity index (χ1n) is 5.73. The van der Waals surface area contributed by atoms with E-state index < -0.39 is 20.6 Å². The third kappa shape index (κ3) is 4.05. The van der Waals surface area contributed by atoms with Crippen LogP contribution >= 0.6 is 10.7 Å². The zero-order valence-corrected chi connectivity index (χ0v) is 13.1. The van der Waals surface area contributed by atoms with E-state index in [0.29, 0.717) is 6.29 Å². The molecule has 0 aliphatic carbocycles. The van der Waals surface area contributed by atoms with Gasteiger partial charge in [0.2, 0.25) is 0 Å². The van der Waals surface area contributed by atoms with Crippen LogP contribution in [0.1, 0.15) is 47.1 Å². The summed E-state index contributed by atoms with van der Waals surface area (Å²) < 4.78 is 28.1. The Morgan fingerprint density at radius 3 is 2.25 bits per heavy atom. The van der Waals surface area contributed by atoms with E-state index in [2.05, 4.69) is 0 Å². The molecule has 0 atom stereocenters. The molecule has 110 valence electrons. The first kappa shape index (κ1) is 16.7. The summed E-state index contributed by atoms with van der Waals surface area (Å²) in [7, 11) is 1.25. The van der Waals surface area contributed by atoms with Crippen LogP contribution in [0.5, 0.6) is 0 Å². The van der Waals surface area contributed by atoms with E-state index in [1.54, 1.807) is 20.8 Å². The molecule has 0 N–H and O–H groups in total. The first-order chi connectivity index (χ1) is 8.95. The van der Waals surface area contributed by atoms with Gasteiger partial charge in [-0.3, -0.25) is 4.79 Å². The maximum atomic E-state index is 11.9. The monoisotopic (exact) mass is 318 g/mol. The zero-order valence-electron chi connectivity index (χ0n) is 11.6. The van der Waals surface area contributed by atoms with Crippen molar-refractivity contribution < 1.29 is 22.7 Å². The number of carbonyl (C=O) groups excluding carboxylic acids is 2. The lowest BCUT2D eigenvalue weighted by Crippen LogP contribution is -2.24. The second kappa shape index (κ2) is 5.54. The fourth-order valence-corrected chi connectivity index (χ4v) is 2.77. The third-order valence-electron chi connectivity index (χ3n) is 2.42. The molecule has 20 heavy (non-hydrogen) atoms. The number of carbonyl (C=O) groups is 2. The van der Waals surface area contributed by atoms with Gasteiger partial charge in [0, 0.05) is 16.2 Å². The SMILES string of the molecule is Cc1c(C=O)cc(C(=O)OC(C)(C)C)cc1S(=O)(=O)Cl. The smallest absolute Gasteiger partial charge is 0.338 e. The van der Waals surface area contributed by atoms with Crippen LogP contribution < -0.4 is 0 Å². The van der Waals surface area contributed by atoms with Gasteiger partial charge in [-0.25, -0.2) is 13.2 Å². The number of aldehydes is 1. The van der Waals surface area contributed by atoms with Gasteiger partial charge in [0.25, 0.3) is 9.05 Å². The molecule has 0 saturated heterocycles. The highest BCUT2D eigenvalue weighted by Gasteiger charge is 2.23. The molecule has 0 aliphatic rings. The minimum atomic E-state index is -4.06. The number of ether oxygens (including phenoxy) is 1. The Labute approximate surface area is 122 Å². The highest BCUT2D eigenvalue weighted by molar-refractivity contribution is 8.13. The highest BCUT2D eigenvalue weighted by atomic mass is 35.7. The van der Waals surface area contributed by atoms with Crippen LogP contribution in [0.3, 0.4) is 0 Å². The number of esters is 1. The van der Waals surface area contributed by atoms with Crippen molar-refractivity contribution in [2.75, 3.05) is 0 Å². The zero-order chi connectivity index (χ0) is 15.7. The fraction of sp³-hybridized carbons (Fsp3) is 0.385. The van der Waals surface area contributed by atoms with E-state index in [9.17, 15) is 18.0 Å². The molecule has 1 aromatic carbocycles. The van der Waals surface area contributed by atoms with Crippen molar-refractivity contribution in [2.45, 2.75) is 38.2 Å². The van der Waals surface area contributed by atoms with E-state index in [4.69, 9.17) is 15.4 Å². The maximum Gasteiger partial charge on any atom is 0.338 e. The van der Waals surface area contributed by atoms with Gasteiger partial charge in [0.15, 0.2) is 0 Å². The molecule has 0 aromatic heterocycles. The summed E-state index contributed by atoms with van der Waals surface area (Å²) in [4.78, 5) is 22.6. The summed E-state index contributed by atoms with van der Waals surface area (Å²) in [6.07, 6.45) is 0.467. The summed E-state index contributed by atoms with van der Waals surface area (Å²) in [6.45, 7) is 6.48. The minimum absolute atomic E-state index is 0.0353. The molecular weight excluding hydrogens is 304 g/mol. The summed E-state index contributed by atoms with van der Waals surface area (Å²) in [5.74, 6) is -0.720. The first-order valence-corrected chi connectivity index (χ1v) is 8.04. The van der Waals surface area contributed by atoms with Gasteiger partial charge in [0.1, 0.15) is 11.9 Å². The molecular formula is C13H15ClO5S. The molecule has 0 fully saturated rings. The van der Waals surface area contributed by atoms with Crippen molar-refractivity contribution in [2.24, 2.45) is 0 Å². The van der Waals surface area contributed by atoms with E-state index in [1.165, 1.54) is 13.0 Å². The molecule has 0 bridgehead atoms. The standard InChI is InChI=1S/C13H15ClO5S/c1-8-10(7-15)5-9(6-11(8)20(14,17)18)12(16)19-13(2,3)4/h5-7H,1-4H3. The van der Waals surface area contributed by atoms with Gasteiger partial charge in [-0.15, -0.1) is 0 Å². The Hall–Kier alpha value is -1.40. The van der Waals surface area contributed by atoms with E-state index in [1.807, 2.05) is 0 Å². The highest BCUT2D eigenvalue weighted by Crippen LogP contribution is 2.25. The summed E-state index contributed by atoms with van der Waals surface area (Å²) >= 11 is 0. The van der Waals surface area contributed by atoms with E-state index in [-0.39, 0.29) is 21.6 Å². The molecule has 1 aromatic rings. The Balaban J connectivity index is 3.44. The number of halogens is 1. The second-order valence-electron chi connectivity index (χ2n) is 5.25. The van der Waals surface area contributed by atoms with Gasteiger partial charge < -0.3 is 4.74 Å². The largest absolute Gasteiger partial charge is 0.456 e. The number of benzene rings is 1. The normalized spacial score (nSPS) is 12.1. The lowest BCUT2D eigenvalue weighted by atomic mass is 10.1. The van der Waals surface area contributed by atoms with Crippen molar-refractivity contribution in [1.29, 1.82) is 0 Å². The lowest BCUT2D eigenvalue weighted by Gasteiger charge is -2.20. The van der Waals surface area contributed by atoms with Crippen molar-refractivity contribution in [1.82, 2.24) is 0 Å². The molecule has 5 nitrogen and oxygen atoms in total. The van der Waals surface area contributed by atoms with Gasteiger partial charge in [0.05, 0.1) is 10.5 Å². The van der Waals surface area contributed by atoms with Crippen LogP contribution in [0.15, 0.2) is 17.0 Å². The maximum absolute atomic E-state index is 11.9. The molecule has 0 spiro atoms. The average molecular weight is 319 g/mol. The minimum Gasteiger partial charge on any atom is -0.456 e. The summed E-state index contributed by atoms with van der Waals surface area (Å²) in [6, 6.07) is 2.39. The topological polar surface area (TPSA) is 77.5 Å². The molecule has 1 rings (SSSR count). The lowest BCUT2D eigenvalue weighted by molar-refractivity contribution is 0.00692. The van der Waals surface area contributed by atoms with Crippen LogP contribution in [0.25, 0.3) is 0 Å². The van der Waals surface area contributed by atoms with Crippen molar-refractivity contribution in [3.05, 3.63) is 28.8 Å². The third-order valence-corrected chi connectivity index (χ3v) is 3.87. The number of hydrogen-bond donors (Lipinski definition) is 0. The molecule has 0 amide bonds. The van der Waals surface area contributed by atoms with Gasteiger partial charge in [-0.05, 0) is 45.4 Å². The van der Waals surface area contributed by atoms with Crippen LogP contribution in [0, 0.1) is 6.92 Å². The van der Waals surface area contributed by atoms with E-state index >= 15 is 0 Å². The van der Waals surface area contributed by atoms with Crippen LogP contribution in [0.4, 0.5) is 0 Å². The van der Waals surface area contributed by atoms with Crippen LogP contribution in [0.2, 0.25) is 0 Å². The Morgan fingerprint density at radius 1 is 1.30 bits per heavy atom. The fourth-order valence-electron chi connectivity index (χ4n) is 1.54. The Morgan fingerprint density at radius 2 is 1.85 bits per heavy atom. The summed E-state index contributed by atoms with van der Waals surface area (Å²) in [5, 5.41) is 0. The molecule has 0 aliphatic heterocycles. The average Bonchev–Trinajstić information content (AvgIpc) is 2.25. The van der Waals surface area contributed by atoms with Crippen molar-refractivity contribution in [3.63, 3.8) is 0 Å². The van der Waals surface area contributed by atoms with Crippen LogP contribution in [-0.2, 0) is 13.8 Å². The van der Waals surface area contributed by atoms with E-state index in [0.717, 1.165) is 6.07 Å². The van der Waals surface area contributed by atoms with Gasteiger partial charge in [-0.2, -0.15) is 0 Å². The quantitative estimate of drug-likeness (QED) is 0.486. The van der Waals surface area contributed by atoms with Crippen LogP contribution in [-0.4, -0.2) is 26.3 Å². The number of hydrogen-bond acceptors (Lipinski definition) is 5. The van der Waals surface area contributed by atoms with Crippen molar-refractivity contribution >= 4 is 32.0 Å². The molecule has 0 heterocycles. The molecule has 0 saturated carbocycles. The van der Waals surface area contributed by atoms with Gasteiger partial charge >= 0.3 is 5.97 Å². The number of rotatable bonds is 3. The molecule has 0 radical (unpaired) electrons. The van der Waals surface area contributed by atoms with Crippen molar-refractivity contribution in [3.8, 4) is 0 Å². The predicted molar refractivity (Wildman–Crippen MR) is 74.8 cm³/mol. The Kier molecular flexibility index (Phi) is 4.61. The van der Waals surface area contributed by atoms with Gasteiger partial charge in [-0.1, -0.05) is 0 Å². The molecule has 0 unspecified atom stereocenters. The Bertz CT molecular complexity index is 656.